The van der Waals surface area contributed by atoms with Crippen molar-refractivity contribution in [3.8, 4) is 0 Å². The second-order valence-electron chi connectivity index (χ2n) is 8.94. The minimum Gasteiger partial charge on any atom is -0.353 e. The molecule has 8 heteroatoms. The van der Waals surface area contributed by atoms with Gasteiger partial charge in [-0.3, -0.25) is 9.59 Å². The van der Waals surface area contributed by atoms with E-state index in [2.05, 4.69) is 10.0 Å². The summed E-state index contributed by atoms with van der Waals surface area (Å²) in [6.07, 6.45) is 4.80. The Morgan fingerprint density at radius 2 is 1.67 bits per heavy atom. The molecule has 2 N–H and O–H groups in total. The molecule has 7 nitrogen and oxygen atoms in total. The van der Waals surface area contributed by atoms with E-state index in [0.717, 1.165) is 31.2 Å². The van der Waals surface area contributed by atoms with E-state index in [1.165, 1.54) is 0 Å². The molecule has 4 rings (SSSR count). The lowest BCUT2D eigenvalue weighted by Gasteiger charge is -2.33. The first-order valence-electron chi connectivity index (χ1n) is 11.6. The number of rotatable bonds is 7. The molecule has 1 aliphatic carbocycles. The molecule has 0 bridgehead atoms. The van der Waals surface area contributed by atoms with Crippen molar-refractivity contribution in [1.29, 1.82) is 0 Å². The molecule has 1 aliphatic heterocycles. The standard InChI is InChI=1S/C25H31N3O4S/c1-18-11-13-21(14-12-18)33(31,32)27-16-15-26-24(29)23-17-20-9-5-6-10-22(20)28(23)25(30)19-7-3-2-4-8-19/h2-4,7-8,11-14,20,22-23,27H,5-6,9-10,15-17H2,1H3,(H,26,29). The SMILES string of the molecule is Cc1ccc(S(=O)(=O)NCCNC(=O)C2CC3CCCCC3N2C(=O)c2ccccc2)cc1. The molecule has 2 aromatic rings. The van der Waals surface area contributed by atoms with Crippen LogP contribution in [-0.2, 0) is 14.8 Å². The molecular weight excluding hydrogens is 438 g/mol. The van der Waals surface area contributed by atoms with Crippen LogP contribution < -0.4 is 10.0 Å². The zero-order valence-corrected chi connectivity index (χ0v) is 19.7. The summed E-state index contributed by atoms with van der Waals surface area (Å²) in [6.45, 7) is 2.13. The number of sulfonamides is 1. The van der Waals surface area contributed by atoms with Gasteiger partial charge in [-0.25, -0.2) is 13.1 Å². The average molecular weight is 470 g/mol. The summed E-state index contributed by atoms with van der Waals surface area (Å²) >= 11 is 0. The topological polar surface area (TPSA) is 95.6 Å². The van der Waals surface area contributed by atoms with Crippen molar-refractivity contribution in [2.24, 2.45) is 5.92 Å². The lowest BCUT2D eigenvalue weighted by molar-refractivity contribution is -0.125. The van der Waals surface area contributed by atoms with Crippen molar-refractivity contribution in [2.75, 3.05) is 13.1 Å². The Kier molecular flexibility index (Phi) is 7.14. The Hall–Kier alpha value is -2.71. The molecule has 2 amide bonds. The molecule has 1 saturated carbocycles. The average Bonchev–Trinajstić information content (AvgIpc) is 3.22. The fourth-order valence-electron chi connectivity index (χ4n) is 5.01. The van der Waals surface area contributed by atoms with Crippen LogP contribution in [0.3, 0.4) is 0 Å². The van der Waals surface area contributed by atoms with Crippen LogP contribution >= 0.6 is 0 Å². The zero-order chi connectivity index (χ0) is 23.4. The van der Waals surface area contributed by atoms with Gasteiger partial charge < -0.3 is 10.2 Å². The van der Waals surface area contributed by atoms with Crippen LogP contribution in [0.1, 0.15) is 48.0 Å². The molecule has 1 heterocycles. The summed E-state index contributed by atoms with van der Waals surface area (Å²) in [5.41, 5.74) is 1.57. The van der Waals surface area contributed by atoms with Gasteiger partial charge in [0.05, 0.1) is 4.90 Å². The van der Waals surface area contributed by atoms with Gasteiger partial charge in [0.1, 0.15) is 6.04 Å². The molecule has 176 valence electrons. The molecule has 0 aromatic heterocycles. The molecule has 33 heavy (non-hydrogen) atoms. The lowest BCUT2D eigenvalue weighted by Crippen LogP contribution is -2.50. The third-order valence-electron chi connectivity index (χ3n) is 6.69. The van der Waals surface area contributed by atoms with Gasteiger partial charge in [0.15, 0.2) is 0 Å². The molecule has 1 saturated heterocycles. The number of aryl methyl sites for hydroxylation is 1. The second-order valence-corrected chi connectivity index (χ2v) is 10.7. The first-order valence-corrected chi connectivity index (χ1v) is 13.1. The molecule has 0 spiro atoms. The Morgan fingerprint density at radius 1 is 0.970 bits per heavy atom. The predicted molar refractivity (Wildman–Crippen MR) is 126 cm³/mol. The molecular formula is C25H31N3O4S. The van der Waals surface area contributed by atoms with E-state index in [9.17, 15) is 18.0 Å². The van der Waals surface area contributed by atoms with Gasteiger partial charge in [-0.1, -0.05) is 48.7 Å². The molecule has 3 atom stereocenters. The number of carbonyl (C=O) groups is 2. The van der Waals surface area contributed by atoms with E-state index in [1.807, 2.05) is 25.1 Å². The highest BCUT2D eigenvalue weighted by molar-refractivity contribution is 7.89. The normalized spacial score (nSPS) is 22.6. The van der Waals surface area contributed by atoms with Gasteiger partial charge in [0.2, 0.25) is 15.9 Å². The fraction of sp³-hybridized carbons (Fsp3) is 0.440. The van der Waals surface area contributed by atoms with E-state index >= 15 is 0 Å². The van der Waals surface area contributed by atoms with Gasteiger partial charge in [-0.05, 0) is 56.4 Å². The third-order valence-corrected chi connectivity index (χ3v) is 8.17. The monoisotopic (exact) mass is 469 g/mol. The molecule has 2 aromatic carbocycles. The summed E-state index contributed by atoms with van der Waals surface area (Å²) in [5, 5.41) is 2.84. The van der Waals surface area contributed by atoms with Crippen molar-refractivity contribution < 1.29 is 18.0 Å². The maximum Gasteiger partial charge on any atom is 0.254 e. The summed E-state index contributed by atoms with van der Waals surface area (Å²) in [5.74, 6) is 0.00985. The zero-order valence-electron chi connectivity index (χ0n) is 18.9. The fourth-order valence-corrected chi connectivity index (χ4v) is 6.04. The maximum atomic E-state index is 13.3. The number of hydrogen-bond donors (Lipinski definition) is 2. The largest absolute Gasteiger partial charge is 0.353 e. The van der Waals surface area contributed by atoms with E-state index < -0.39 is 16.1 Å². The Bertz CT molecular complexity index is 1090. The first-order chi connectivity index (χ1) is 15.9. The van der Waals surface area contributed by atoms with Crippen molar-refractivity contribution in [3.05, 3.63) is 65.7 Å². The van der Waals surface area contributed by atoms with Crippen molar-refractivity contribution in [2.45, 2.75) is 56.0 Å². The summed E-state index contributed by atoms with van der Waals surface area (Å²) in [4.78, 5) is 28.4. The molecule has 3 unspecified atom stereocenters. The van der Waals surface area contributed by atoms with E-state index in [4.69, 9.17) is 0 Å². The van der Waals surface area contributed by atoms with Crippen LogP contribution in [-0.4, -0.2) is 50.3 Å². The van der Waals surface area contributed by atoms with Crippen LogP contribution in [0, 0.1) is 12.8 Å². The summed E-state index contributed by atoms with van der Waals surface area (Å²) < 4.78 is 27.4. The lowest BCUT2D eigenvalue weighted by atomic mass is 9.84. The number of benzene rings is 2. The van der Waals surface area contributed by atoms with Gasteiger partial charge in [0.25, 0.3) is 5.91 Å². The summed E-state index contributed by atoms with van der Waals surface area (Å²) in [6, 6.07) is 15.3. The number of nitrogens with zero attached hydrogens (tertiary/aromatic N) is 1. The van der Waals surface area contributed by atoms with Gasteiger partial charge in [0, 0.05) is 24.7 Å². The molecule has 2 fully saturated rings. The Labute approximate surface area is 195 Å². The van der Waals surface area contributed by atoms with E-state index in [1.54, 1.807) is 41.3 Å². The van der Waals surface area contributed by atoms with E-state index in [0.29, 0.717) is 17.9 Å². The molecule has 0 radical (unpaired) electrons. The van der Waals surface area contributed by atoms with Crippen LogP contribution in [0.15, 0.2) is 59.5 Å². The maximum absolute atomic E-state index is 13.3. The number of fused-ring (bicyclic) bond motifs is 1. The van der Waals surface area contributed by atoms with Crippen molar-refractivity contribution >= 4 is 21.8 Å². The smallest absolute Gasteiger partial charge is 0.254 e. The highest BCUT2D eigenvalue weighted by Crippen LogP contribution is 2.40. The van der Waals surface area contributed by atoms with Crippen LogP contribution in [0.5, 0.6) is 0 Å². The van der Waals surface area contributed by atoms with Crippen LogP contribution in [0.4, 0.5) is 0 Å². The predicted octanol–water partition coefficient (Wildman–Crippen LogP) is 2.86. The number of nitrogens with one attached hydrogen (secondary N) is 2. The third kappa shape index (κ3) is 5.28. The van der Waals surface area contributed by atoms with Gasteiger partial charge >= 0.3 is 0 Å². The van der Waals surface area contributed by atoms with Crippen molar-refractivity contribution in [1.82, 2.24) is 14.9 Å². The minimum absolute atomic E-state index is 0.0775. The quantitative estimate of drug-likeness (QED) is 0.610. The number of amides is 2. The molecule has 2 aliphatic rings. The highest BCUT2D eigenvalue weighted by atomic mass is 32.2. The number of carbonyl (C=O) groups excluding carboxylic acids is 2. The van der Waals surface area contributed by atoms with E-state index in [-0.39, 0.29) is 35.8 Å². The Balaban J connectivity index is 1.38. The van der Waals surface area contributed by atoms with Gasteiger partial charge in [-0.2, -0.15) is 0 Å². The summed E-state index contributed by atoms with van der Waals surface area (Å²) in [7, 11) is -3.64. The number of hydrogen-bond acceptors (Lipinski definition) is 4. The van der Waals surface area contributed by atoms with Crippen LogP contribution in [0.2, 0.25) is 0 Å². The van der Waals surface area contributed by atoms with Crippen molar-refractivity contribution in [3.63, 3.8) is 0 Å². The number of likely N-dealkylation sites (tertiary alicyclic amines) is 1. The van der Waals surface area contributed by atoms with Crippen LogP contribution in [0.25, 0.3) is 0 Å². The second kappa shape index (κ2) is 10.1. The Morgan fingerprint density at radius 3 is 2.39 bits per heavy atom. The first kappa shape index (κ1) is 23.4. The van der Waals surface area contributed by atoms with Gasteiger partial charge in [-0.15, -0.1) is 0 Å². The minimum atomic E-state index is -3.64. The highest BCUT2D eigenvalue weighted by Gasteiger charge is 2.47.